The van der Waals surface area contributed by atoms with Crippen LogP contribution in [0.15, 0.2) is 0 Å². The van der Waals surface area contributed by atoms with E-state index in [-0.39, 0.29) is 0 Å². The van der Waals surface area contributed by atoms with Crippen LogP contribution >= 0.6 is 0 Å². The molecule has 0 heterocycles. The summed E-state index contributed by atoms with van der Waals surface area (Å²) in [5.41, 5.74) is 0. The lowest BCUT2D eigenvalue weighted by Crippen LogP contribution is -2.37. The molecule has 0 amide bonds. The summed E-state index contributed by atoms with van der Waals surface area (Å²) < 4.78 is 0. The Kier molecular flexibility index (Phi) is 10.9. The minimum atomic E-state index is 0.667. The van der Waals surface area contributed by atoms with E-state index in [1.807, 2.05) is 0 Å². The van der Waals surface area contributed by atoms with E-state index in [4.69, 9.17) is 0 Å². The smallest absolute Gasteiger partial charge is 0.0107 e. The first-order valence-corrected chi connectivity index (χ1v) is 7.20. The summed E-state index contributed by atoms with van der Waals surface area (Å²) in [7, 11) is 4.29. The van der Waals surface area contributed by atoms with Crippen LogP contribution in [-0.2, 0) is 0 Å². The quantitative estimate of drug-likeness (QED) is 0.599. The third kappa shape index (κ3) is 10.7. The van der Waals surface area contributed by atoms with Crippen LogP contribution in [0.1, 0.15) is 40.0 Å². The van der Waals surface area contributed by atoms with Gasteiger partial charge in [-0.05, 0) is 53.5 Å². The van der Waals surface area contributed by atoms with Crippen LogP contribution < -0.4 is 5.32 Å². The highest BCUT2D eigenvalue weighted by Gasteiger charge is 2.04. The van der Waals surface area contributed by atoms with Crippen LogP contribution in [0.5, 0.6) is 0 Å². The van der Waals surface area contributed by atoms with Crippen molar-refractivity contribution in [3.63, 3.8) is 0 Å². The highest BCUT2D eigenvalue weighted by atomic mass is 15.1. The zero-order valence-corrected chi connectivity index (χ0v) is 12.6. The maximum Gasteiger partial charge on any atom is 0.0107 e. The van der Waals surface area contributed by atoms with Gasteiger partial charge in [0.25, 0.3) is 0 Å². The van der Waals surface area contributed by atoms with Crippen LogP contribution in [0.3, 0.4) is 0 Å². The molecule has 1 atom stereocenters. The maximum absolute atomic E-state index is 3.60. The molecule has 0 saturated carbocycles. The van der Waals surface area contributed by atoms with Crippen LogP contribution in [-0.4, -0.2) is 62.7 Å². The fourth-order valence-electron chi connectivity index (χ4n) is 2.04. The second-order valence-electron chi connectivity index (χ2n) is 5.23. The highest BCUT2D eigenvalue weighted by molar-refractivity contribution is 4.63. The molecule has 0 rings (SSSR count). The SMILES string of the molecule is CCCC(C)NCCN(CC)CCCN(C)C. The van der Waals surface area contributed by atoms with E-state index in [0.29, 0.717) is 6.04 Å². The Morgan fingerprint density at radius 3 is 2.29 bits per heavy atom. The largest absolute Gasteiger partial charge is 0.313 e. The van der Waals surface area contributed by atoms with Crippen molar-refractivity contribution in [1.29, 1.82) is 0 Å². The summed E-state index contributed by atoms with van der Waals surface area (Å²) >= 11 is 0. The van der Waals surface area contributed by atoms with Crippen molar-refractivity contribution in [3.8, 4) is 0 Å². The summed E-state index contributed by atoms with van der Waals surface area (Å²) in [6.45, 7) is 12.7. The van der Waals surface area contributed by atoms with Gasteiger partial charge in [-0.3, -0.25) is 0 Å². The standard InChI is InChI=1S/C14H33N3/c1-6-9-14(3)15-10-13-17(7-2)12-8-11-16(4)5/h14-15H,6-13H2,1-5H3. The molecule has 1 N–H and O–H groups in total. The van der Waals surface area contributed by atoms with Gasteiger partial charge in [-0.1, -0.05) is 20.3 Å². The summed E-state index contributed by atoms with van der Waals surface area (Å²) in [5, 5.41) is 3.60. The predicted molar refractivity (Wildman–Crippen MR) is 77.7 cm³/mol. The van der Waals surface area contributed by atoms with E-state index in [2.05, 4.69) is 50.0 Å². The van der Waals surface area contributed by atoms with Crippen molar-refractivity contribution in [2.75, 3.05) is 46.8 Å². The van der Waals surface area contributed by atoms with Gasteiger partial charge in [-0.25, -0.2) is 0 Å². The normalized spacial score (nSPS) is 13.6. The van der Waals surface area contributed by atoms with Crippen LogP contribution in [0.2, 0.25) is 0 Å². The average Bonchev–Trinajstić information content (AvgIpc) is 2.27. The number of hydrogen-bond acceptors (Lipinski definition) is 3. The lowest BCUT2D eigenvalue weighted by atomic mass is 10.2. The minimum absolute atomic E-state index is 0.667. The van der Waals surface area contributed by atoms with Crippen molar-refractivity contribution < 1.29 is 0 Å². The first-order valence-electron chi connectivity index (χ1n) is 7.20. The fourth-order valence-corrected chi connectivity index (χ4v) is 2.04. The molecule has 3 heteroatoms. The molecule has 0 aliphatic heterocycles. The zero-order chi connectivity index (χ0) is 13.1. The van der Waals surface area contributed by atoms with Crippen LogP contribution in [0.25, 0.3) is 0 Å². The average molecular weight is 243 g/mol. The third-order valence-corrected chi connectivity index (χ3v) is 3.17. The first kappa shape index (κ1) is 16.9. The van der Waals surface area contributed by atoms with Crippen molar-refractivity contribution in [2.24, 2.45) is 0 Å². The van der Waals surface area contributed by atoms with Gasteiger partial charge in [0.15, 0.2) is 0 Å². The topological polar surface area (TPSA) is 18.5 Å². The molecule has 17 heavy (non-hydrogen) atoms. The molecule has 0 radical (unpaired) electrons. The number of likely N-dealkylation sites (N-methyl/N-ethyl adjacent to an activating group) is 1. The molecular formula is C14H33N3. The van der Waals surface area contributed by atoms with E-state index in [1.165, 1.54) is 38.9 Å². The predicted octanol–water partition coefficient (Wildman–Crippen LogP) is 2.04. The molecule has 0 aromatic heterocycles. The molecule has 0 bridgehead atoms. The Balaban J connectivity index is 3.53. The van der Waals surface area contributed by atoms with Crippen molar-refractivity contribution in [2.45, 2.75) is 46.1 Å². The molecule has 3 nitrogen and oxygen atoms in total. The summed E-state index contributed by atoms with van der Waals surface area (Å²) in [4.78, 5) is 4.80. The Hall–Kier alpha value is -0.120. The first-order chi connectivity index (χ1) is 8.10. The van der Waals surface area contributed by atoms with Gasteiger partial charge in [0, 0.05) is 19.1 Å². The van der Waals surface area contributed by atoms with Crippen LogP contribution in [0.4, 0.5) is 0 Å². The molecule has 104 valence electrons. The molecule has 0 aliphatic carbocycles. The van der Waals surface area contributed by atoms with E-state index < -0.39 is 0 Å². The second kappa shape index (κ2) is 11.0. The lowest BCUT2D eigenvalue weighted by molar-refractivity contribution is 0.262. The van der Waals surface area contributed by atoms with Gasteiger partial charge in [-0.2, -0.15) is 0 Å². The molecule has 0 saturated heterocycles. The van der Waals surface area contributed by atoms with Crippen molar-refractivity contribution in [3.05, 3.63) is 0 Å². The molecular weight excluding hydrogens is 210 g/mol. The van der Waals surface area contributed by atoms with Gasteiger partial charge in [0.1, 0.15) is 0 Å². The lowest BCUT2D eigenvalue weighted by Gasteiger charge is -2.22. The van der Waals surface area contributed by atoms with E-state index in [0.717, 1.165) is 13.1 Å². The van der Waals surface area contributed by atoms with Crippen LogP contribution in [0, 0.1) is 0 Å². The van der Waals surface area contributed by atoms with E-state index in [9.17, 15) is 0 Å². The summed E-state index contributed by atoms with van der Waals surface area (Å²) in [6.07, 6.45) is 3.83. The van der Waals surface area contributed by atoms with E-state index in [1.54, 1.807) is 0 Å². The molecule has 0 spiro atoms. The van der Waals surface area contributed by atoms with E-state index >= 15 is 0 Å². The number of nitrogens with zero attached hydrogens (tertiary/aromatic N) is 2. The Morgan fingerprint density at radius 1 is 1.06 bits per heavy atom. The molecule has 0 aromatic rings. The van der Waals surface area contributed by atoms with Gasteiger partial charge < -0.3 is 15.1 Å². The number of rotatable bonds is 11. The second-order valence-corrected chi connectivity index (χ2v) is 5.23. The van der Waals surface area contributed by atoms with Crippen molar-refractivity contribution in [1.82, 2.24) is 15.1 Å². The molecule has 1 unspecified atom stereocenters. The maximum atomic E-state index is 3.60. The monoisotopic (exact) mass is 243 g/mol. The van der Waals surface area contributed by atoms with Gasteiger partial charge in [0.05, 0.1) is 0 Å². The number of nitrogens with one attached hydrogen (secondary N) is 1. The van der Waals surface area contributed by atoms with Crippen molar-refractivity contribution >= 4 is 0 Å². The Bertz CT molecular complexity index is 160. The Labute approximate surface area is 109 Å². The molecule has 0 aromatic carbocycles. The summed E-state index contributed by atoms with van der Waals surface area (Å²) in [6, 6.07) is 0.667. The minimum Gasteiger partial charge on any atom is -0.313 e. The molecule has 0 aliphatic rings. The Morgan fingerprint density at radius 2 is 1.76 bits per heavy atom. The van der Waals surface area contributed by atoms with Gasteiger partial charge in [-0.15, -0.1) is 0 Å². The molecule has 0 fully saturated rings. The third-order valence-electron chi connectivity index (χ3n) is 3.17. The summed E-state index contributed by atoms with van der Waals surface area (Å²) in [5.74, 6) is 0. The van der Waals surface area contributed by atoms with Gasteiger partial charge in [0.2, 0.25) is 0 Å². The zero-order valence-electron chi connectivity index (χ0n) is 12.6. The fraction of sp³-hybridized carbons (Fsp3) is 1.00. The highest BCUT2D eigenvalue weighted by Crippen LogP contribution is 1.95. The number of hydrogen-bond donors (Lipinski definition) is 1. The van der Waals surface area contributed by atoms with Gasteiger partial charge >= 0.3 is 0 Å².